The average Bonchev–Trinajstić information content (AvgIpc) is 3.37. The summed E-state index contributed by atoms with van der Waals surface area (Å²) in [4.78, 5) is 4.11. The van der Waals surface area contributed by atoms with Crippen molar-refractivity contribution < 1.29 is 0 Å². The predicted molar refractivity (Wildman–Crippen MR) is 169 cm³/mol. The molecule has 4 fully saturated rings. The average molecular weight is 520 g/mol. The molecule has 0 amide bonds. The fourth-order valence-corrected chi connectivity index (χ4v) is 9.04. The Labute approximate surface area is 238 Å². The molecular formula is C37H61N. The Morgan fingerprint density at radius 3 is 2.11 bits per heavy atom. The molecule has 38 heavy (non-hydrogen) atoms. The van der Waals surface area contributed by atoms with E-state index in [0.29, 0.717) is 10.8 Å². The van der Waals surface area contributed by atoms with Crippen LogP contribution >= 0.6 is 0 Å². The van der Waals surface area contributed by atoms with Crippen molar-refractivity contribution in [3.8, 4) is 12.3 Å². The number of rotatable bonds is 2. The second-order valence-electron chi connectivity index (χ2n) is 13.7. The van der Waals surface area contributed by atoms with Crippen molar-refractivity contribution in [1.82, 2.24) is 4.98 Å². The summed E-state index contributed by atoms with van der Waals surface area (Å²) >= 11 is 0. The standard InChI is InChI=1S/C23H40.C10H9N.2C2H6/c1-15(2)17-6-8-21-19(17)7-9-20-18-11-12-22(3,4)14-16(18)10-13-23(20,21)5;1-4-9-5-6-10(8(2)3)11-7-9;2*1-2/h15-21H,6-14H2,1-5H3;1,5-7H,2H2,3H3;2*1-2H3. The minimum Gasteiger partial charge on any atom is -0.255 e. The number of hydrogen-bond acceptors (Lipinski definition) is 1. The summed E-state index contributed by atoms with van der Waals surface area (Å²) in [5, 5.41) is 0. The van der Waals surface area contributed by atoms with Crippen LogP contribution in [-0.2, 0) is 0 Å². The normalized spacial score (nSPS) is 34.3. The third-order valence-corrected chi connectivity index (χ3v) is 10.8. The highest BCUT2D eigenvalue weighted by molar-refractivity contribution is 5.57. The number of nitrogens with zero attached hydrogens (tertiary/aromatic N) is 1. The first kappa shape index (κ1) is 32.7. The highest BCUT2D eigenvalue weighted by atomic mass is 14.7. The molecule has 5 rings (SSSR count). The molecule has 1 aromatic rings. The molecule has 7 atom stereocenters. The molecule has 0 N–H and O–H groups in total. The molecule has 1 heterocycles. The summed E-state index contributed by atoms with van der Waals surface area (Å²) in [5.74, 6) is 9.83. The maximum atomic E-state index is 5.16. The van der Waals surface area contributed by atoms with E-state index >= 15 is 0 Å². The van der Waals surface area contributed by atoms with Gasteiger partial charge in [-0.1, -0.05) is 74.8 Å². The van der Waals surface area contributed by atoms with E-state index in [1.54, 1.807) is 44.7 Å². The van der Waals surface area contributed by atoms with E-state index in [-0.39, 0.29) is 0 Å². The lowest BCUT2D eigenvalue weighted by atomic mass is 9.45. The predicted octanol–water partition coefficient (Wildman–Crippen LogP) is 11.1. The summed E-state index contributed by atoms with van der Waals surface area (Å²) in [6.45, 7) is 26.5. The molecule has 214 valence electrons. The Kier molecular flexibility index (Phi) is 12.2. The highest BCUT2D eigenvalue weighted by Crippen LogP contribution is 2.66. The summed E-state index contributed by atoms with van der Waals surface area (Å²) < 4.78 is 0. The molecule has 4 aliphatic rings. The van der Waals surface area contributed by atoms with Gasteiger partial charge in [-0.15, -0.1) is 6.42 Å². The van der Waals surface area contributed by atoms with E-state index in [9.17, 15) is 0 Å². The topological polar surface area (TPSA) is 12.9 Å². The Hall–Kier alpha value is -1.55. The van der Waals surface area contributed by atoms with Gasteiger partial charge in [0.25, 0.3) is 0 Å². The Bertz CT molecular complexity index is 900. The van der Waals surface area contributed by atoms with Gasteiger partial charge in [0.1, 0.15) is 0 Å². The number of pyridine rings is 1. The highest BCUT2D eigenvalue weighted by Gasteiger charge is 2.58. The van der Waals surface area contributed by atoms with Crippen LogP contribution < -0.4 is 0 Å². The van der Waals surface area contributed by atoms with Crippen LogP contribution in [0.25, 0.3) is 5.57 Å². The Morgan fingerprint density at radius 2 is 1.55 bits per heavy atom. The third-order valence-electron chi connectivity index (χ3n) is 10.8. The summed E-state index contributed by atoms with van der Waals surface area (Å²) in [5.41, 5.74) is 3.98. The van der Waals surface area contributed by atoms with Crippen LogP contribution in [0.15, 0.2) is 24.9 Å². The van der Waals surface area contributed by atoms with Gasteiger partial charge >= 0.3 is 0 Å². The van der Waals surface area contributed by atoms with Crippen molar-refractivity contribution in [3.63, 3.8) is 0 Å². The summed E-state index contributed by atoms with van der Waals surface area (Å²) in [7, 11) is 0. The molecule has 0 bridgehead atoms. The minimum absolute atomic E-state index is 0.627. The van der Waals surface area contributed by atoms with Crippen LogP contribution in [0, 0.1) is 64.6 Å². The van der Waals surface area contributed by atoms with Gasteiger partial charge < -0.3 is 0 Å². The van der Waals surface area contributed by atoms with Crippen LogP contribution in [0.3, 0.4) is 0 Å². The van der Waals surface area contributed by atoms with E-state index in [2.05, 4.69) is 52.1 Å². The van der Waals surface area contributed by atoms with E-state index < -0.39 is 0 Å². The van der Waals surface area contributed by atoms with Crippen LogP contribution in [0.1, 0.15) is 138 Å². The molecule has 1 heteroatoms. The summed E-state index contributed by atoms with van der Waals surface area (Å²) in [6, 6.07) is 3.73. The van der Waals surface area contributed by atoms with E-state index in [1.807, 2.05) is 46.8 Å². The molecule has 1 nitrogen and oxygen atoms in total. The maximum Gasteiger partial charge on any atom is 0.0653 e. The van der Waals surface area contributed by atoms with Crippen molar-refractivity contribution in [2.45, 2.75) is 127 Å². The lowest BCUT2D eigenvalue weighted by Gasteiger charge is -2.60. The van der Waals surface area contributed by atoms with Gasteiger partial charge in [-0.05, 0) is 135 Å². The van der Waals surface area contributed by atoms with Crippen molar-refractivity contribution >= 4 is 5.57 Å². The zero-order valence-corrected chi connectivity index (χ0v) is 26.9. The van der Waals surface area contributed by atoms with Crippen molar-refractivity contribution in [3.05, 3.63) is 36.2 Å². The zero-order valence-electron chi connectivity index (χ0n) is 26.9. The molecule has 0 aromatic carbocycles. The van der Waals surface area contributed by atoms with Gasteiger partial charge in [-0.2, -0.15) is 0 Å². The Morgan fingerprint density at radius 1 is 0.921 bits per heavy atom. The second kappa shape index (κ2) is 14.2. The lowest BCUT2D eigenvalue weighted by Crippen LogP contribution is -2.52. The first-order valence-electron chi connectivity index (χ1n) is 16.1. The van der Waals surface area contributed by atoms with Crippen LogP contribution in [0.4, 0.5) is 0 Å². The maximum absolute atomic E-state index is 5.16. The van der Waals surface area contributed by atoms with Gasteiger partial charge in [-0.3, -0.25) is 4.98 Å². The molecule has 4 aliphatic carbocycles. The first-order chi connectivity index (χ1) is 18.1. The van der Waals surface area contributed by atoms with Crippen LogP contribution in [0.5, 0.6) is 0 Å². The van der Waals surface area contributed by atoms with E-state index in [1.165, 1.54) is 19.3 Å². The fourth-order valence-electron chi connectivity index (χ4n) is 9.04. The molecule has 1 aromatic heterocycles. The van der Waals surface area contributed by atoms with Crippen LogP contribution in [-0.4, -0.2) is 4.98 Å². The molecule has 7 unspecified atom stereocenters. The number of fused-ring (bicyclic) bond motifs is 5. The minimum atomic E-state index is 0.627. The zero-order chi connectivity index (χ0) is 28.7. The summed E-state index contributed by atoms with van der Waals surface area (Å²) in [6.07, 6.45) is 20.7. The molecule has 0 aliphatic heterocycles. The quantitative estimate of drug-likeness (QED) is 0.354. The monoisotopic (exact) mass is 519 g/mol. The Balaban J connectivity index is 0.000000286. The molecule has 0 spiro atoms. The van der Waals surface area contributed by atoms with E-state index in [4.69, 9.17) is 6.42 Å². The van der Waals surface area contributed by atoms with Gasteiger partial charge in [0.15, 0.2) is 0 Å². The number of allylic oxidation sites excluding steroid dienone is 1. The smallest absolute Gasteiger partial charge is 0.0653 e. The largest absolute Gasteiger partial charge is 0.255 e. The van der Waals surface area contributed by atoms with Gasteiger partial charge in [0.2, 0.25) is 0 Å². The number of aromatic nitrogens is 1. The SMILES string of the molecule is C#Cc1ccc(C(=C)C)nc1.CC.CC.CC(C)C1CCC2C1CCC1C3CCC(C)(C)CC3CCC12C. The molecule has 0 radical (unpaired) electrons. The van der Waals surface area contributed by atoms with E-state index in [0.717, 1.165) is 58.3 Å². The third kappa shape index (κ3) is 7.14. The van der Waals surface area contributed by atoms with Crippen molar-refractivity contribution in [2.75, 3.05) is 0 Å². The first-order valence-corrected chi connectivity index (χ1v) is 16.1. The fraction of sp³-hybridized carbons (Fsp3) is 0.757. The number of hydrogen-bond donors (Lipinski definition) is 0. The van der Waals surface area contributed by atoms with Crippen molar-refractivity contribution in [2.24, 2.45) is 52.3 Å². The van der Waals surface area contributed by atoms with Crippen LogP contribution in [0.2, 0.25) is 0 Å². The van der Waals surface area contributed by atoms with Gasteiger partial charge in [0.05, 0.1) is 5.69 Å². The lowest BCUT2D eigenvalue weighted by molar-refractivity contribution is -0.107. The van der Waals surface area contributed by atoms with Gasteiger partial charge in [0, 0.05) is 11.8 Å². The molecular weight excluding hydrogens is 458 g/mol. The van der Waals surface area contributed by atoms with Crippen molar-refractivity contribution in [1.29, 1.82) is 0 Å². The second-order valence-corrected chi connectivity index (χ2v) is 13.7. The molecule has 4 saturated carbocycles. The van der Waals surface area contributed by atoms with Gasteiger partial charge in [-0.25, -0.2) is 0 Å². The molecule has 0 saturated heterocycles. The number of terminal acetylenes is 1.